The van der Waals surface area contributed by atoms with Crippen LogP contribution in [0.3, 0.4) is 0 Å². The zero-order chi connectivity index (χ0) is 21.6. The molecule has 1 saturated heterocycles. The highest BCUT2D eigenvalue weighted by Crippen LogP contribution is 2.26. The summed E-state index contributed by atoms with van der Waals surface area (Å²) in [6.45, 7) is 6.02. The fourth-order valence-corrected chi connectivity index (χ4v) is 5.20. The second-order valence-corrected chi connectivity index (χ2v) is 10.2. The van der Waals surface area contributed by atoms with Crippen LogP contribution < -0.4 is 5.32 Å². The molecule has 1 aliphatic heterocycles. The van der Waals surface area contributed by atoms with Crippen LogP contribution in [0.15, 0.2) is 54.6 Å². The molecule has 162 valence electrons. The van der Waals surface area contributed by atoms with E-state index in [0.29, 0.717) is 44.8 Å². The van der Waals surface area contributed by atoms with Gasteiger partial charge >= 0.3 is 0 Å². The second-order valence-electron chi connectivity index (χ2n) is 8.24. The van der Waals surface area contributed by atoms with Crippen molar-refractivity contribution in [2.45, 2.75) is 38.0 Å². The number of nitrogens with zero attached hydrogens (tertiary/aromatic N) is 1. The Hall–Kier alpha value is -2.22. The van der Waals surface area contributed by atoms with E-state index >= 15 is 0 Å². The molecule has 0 bridgehead atoms. The molecule has 30 heavy (non-hydrogen) atoms. The highest BCUT2D eigenvalue weighted by Gasteiger charge is 2.26. The number of hydrogen-bond donors (Lipinski definition) is 1. The van der Waals surface area contributed by atoms with Gasteiger partial charge in [0, 0.05) is 26.1 Å². The monoisotopic (exact) mass is 430 g/mol. The highest BCUT2D eigenvalue weighted by molar-refractivity contribution is 7.88. The van der Waals surface area contributed by atoms with Crippen molar-refractivity contribution in [2.24, 2.45) is 0 Å². The molecule has 1 N–H and O–H groups in total. The summed E-state index contributed by atoms with van der Waals surface area (Å²) in [6.07, 6.45) is 0.352. The highest BCUT2D eigenvalue weighted by atomic mass is 32.2. The number of hydrogen-bond acceptors (Lipinski definition) is 4. The predicted molar refractivity (Wildman–Crippen MR) is 117 cm³/mol. The van der Waals surface area contributed by atoms with Crippen LogP contribution in [0.25, 0.3) is 0 Å². The Bertz CT molecular complexity index is 952. The third-order valence-electron chi connectivity index (χ3n) is 5.45. The maximum atomic E-state index is 12.8. The van der Waals surface area contributed by atoms with Crippen molar-refractivity contribution in [2.75, 3.05) is 26.3 Å². The van der Waals surface area contributed by atoms with Gasteiger partial charge in [0.25, 0.3) is 0 Å². The molecule has 1 aliphatic rings. The fraction of sp³-hybridized carbons (Fsp3) is 0.435. The quantitative estimate of drug-likeness (QED) is 0.699. The van der Waals surface area contributed by atoms with E-state index < -0.39 is 10.0 Å². The first kappa shape index (κ1) is 22.5. The molecular weight excluding hydrogens is 400 g/mol. The van der Waals surface area contributed by atoms with Gasteiger partial charge in [-0.05, 0) is 22.1 Å². The van der Waals surface area contributed by atoms with E-state index in [-0.39, 0.29) is 17.1 Å². The van der Waals surface area contributed by atoms with Crippen molar-refractivity contribution in [1.82, 2.24) is 9.62 Å². The maximum absolute atomic E-state index is 12.8. The Morgan fingerprint density at radius 1 is 1.00 bits per heavy atom. The van der Waals surface area contributed by atoms with Crippen LogP contribution in [-0.4, -0.2) is 44.9 Å². The van der Waals surface area contributed by atoms with Crippen molar-refractivity contribution in [3.63, 3.8) is 0 Å². The van der Waals surface area contributed by atoms with E-state index in [0.717, 1.165) is 11.1 Å². The Labute approximate surface area is 179 Å². The second kappa shape index (κ2) is 9.73. The Morgan fingerprint density at radius 3 is 2.27 bits per heavy atom. The van der Waals surface area contributed by atoms with Crippen LogP contribution >= 0.6 is 0 Å². The topological polar surface area (TPSA) is 75.7 Å². The lowest BCUT2D eigenvalue weighted by Gasteiger charge is -2.26. The molecule has 0 aromatic heterocycles. The maximum Gasteiger partial charge on any atom is 0.221 e. The Kier molecular flexibility index (Phi) is 7.28. The van der Waals surface area contributed by atoms with Crippen LogP contribution in [0, 0.1) is 0 Å². The predicted octanol–water partition coefficient (Wildman–Crippen LogP) is 2.83. The molecule has 2 aromatic rings. The zero-order valence-electron chi connectivity index (χ0n) is 17.6. The van der Waals surface area contributed by atoms with Gasteiger partial charge in [-0.3, -0.25) is 4.79 Å². The summed E-state index contributed by atoms with van der Waals surface area (Å²) in [5.41, 5.74) is 2.36. The van der Waals surface area contributed by atoms with Crippen LogP contribution in [0.4, 0.5) is 0 Å². The summed E-state index contributed by atoms with van der Waals surface area (Å²) >= 11 is 0. The van der Waals surface area contributed by atoms with E-state index in [1.54, 1.807) is 0 Å². The van der Waals surface area contributed by atoms with Crippen molar-refractivity contribution in [1.29, 1.82) is 0 Å². The number of morpholine rings is 1. The first-order valence-corrected chi connectivity index (χ1v) is 11.8. The van der Waals surface area contributed by atoms with E-state index in [1.165, 1.54) is 4.31 Å². The summed E-state index contributed by atoms with van der Waals surface area (Å²) in [4.78, 5) is 12.6. The average Bonchev–Trinajstić information content (AvgIpc) is 2.74. The molecule has 7 heteroatoms. The summed E-state index contributed by atoms with van der Waals surface area (Å²) in [6, 6.07) is 17.3. The molecule has 1 amide bonds. The lowest BCUT2D eigenvalue weighted by molar-refractivity contribution is -0.122. The van der Waals surface area contributed by atoms with Crippen LogP contribution in [0.5, 0.6) is 0 Å². The molecule has 0 unspecified atom stereocenters. The Morgan fingerprint density at radius 2 is 1.60 bits per heavy atom. The first-order valence-electron chi connectivity index (χ1n) is 10.2. The minimum atomic E-state index is -3.42. The minimum absolute atomic E-state index is 0.0605. The van der Waals surface area contributed by atoms with Crippen LogP contribution in [0.2, 0.25) is 0 Å². The van der Waals surface area contributed by atoms with Crippen molar-refractivity contribution in [3.05, 3.63) is 71.3 Å². The van der Waals surface area contributed by atoms with Gasteiger partial charge in [0.15, 0.2) is 0 Å². The van der Waals surface area contributed by atoms with Gasteiger partial charge in [0.05, 0.1) is 19.0 Å². The van der Waals surface area contributed by atoms with Gasteiger partial charge in [-0.1, -0.05) is 68.4 Å². The van der Waals surface area contributed by atoms with Crippen molar-refractivity contribution < 1.29 is 17.9 Å². The molecular formula is C23H30N2O4S. The zero-order valence-corrected chi connectivity index (χ0v) is 18.5. The van der Waals surface area contributed by atoms with Crippen LogP contribution in [-0.2, 0) is 37.3 Å². The number of nitrogens with one attached hydrogen (secondary N) is 1. The number of carbonyl (C=O) groups excluding carboxylic acids is 1. The number of amides is 1. The summed E-state index contributed by atoms with van der Waals surface area (Å²) in [5.74, 6) is -0.135. The normalized spacial score (nSPS) is 15.7. The van der Waals surface area contributed by atoms with E-state index in [2.05, 4.69) is 5.32 Å². The molecule has 1 fully saturated rings. The molecule has 0 radical (unpaired) electrons. The van der Waals surface area contributed by atoms with Gasteiger partial charge in [-0.15, -0.1) is 0 Å². The summed E-state index contributed by atoms with van der Waals surface area (Å²) in [5, 5.41) is 2.96. The van der Waals surface area contributed by atoms with Crippen LogP contribution in [0.1, 0.15) is 37.0 Å². The molecule has 3 rings (SSSR count). The van der Waals surface area contributed by atoms with Crippen molar-refractivity contribution >= 4 is 15.9 Å². The lowest BCUT2D eigenvalue weighted by atomic mass is 9.81. The summed E-state index contributed by atoms with van der Waals surface area (Å²) in [7, 11) is -3.42. The molecule has 6 nitrogen and oxygen atoms in total. The van der Waals surface area contributed by atoms with Gasteiger partial charge in [-0.2, -0.15) is 4.31 Å². The van der Waals surface area contributed by atoms with Gasteiger partial charge < -0.3 is 10.1 Å². The number of ether oxygens (including phenoxy) is 1. The Balaban J connectivity index is 1.63. The van der Waals surface area contributed by atoms with Gasteiger partial charge in [0.1, 0.15) is 0 Å². The first-order chi connectivity index (χ1) is 14.3. The van der Waals surface area contributed by atoms with E-state index in [4.69, 9.17) is 4.74 Å². The molecule has 2 aromatic carbocycles. The standard InChI is InChI=1S/C23H30N2O4S/c1-23(2,21-10-4-3-5-11-21)16-22(26)24-17-19-8-6-7-9-20(19)18-30(27,28)25-12-14-29-15-13-25/h3-11H,12-18H2,1-2H3,(H,24,26). The van der Waals surface area contributed by atoms with Crippen molar-refractivity contribution in [3.8, 4) is 0 Å². The van der Waals surface area contributed by atoms with Gasteiger partial charge in [-0.25, -0.2) is 8.42 Å². The minimum Gasteiger partial charge on any atom is -0.379 e. The molecule has 0 atom stereocenters. The smallest absolute Gasteiger partial charge is 0.221 e. The largest absolute Gasteiger partial charge is 0.379 e. The average molecular weight is 431 g/mol. The molecule has 0 aliphatic carbocycles. The number of rotatable bonds is 8. The number of carbonyl (C=O) groups is 1. The summed E-state index contributed by atoms with van der Waals surface area (Å²) < 4.78 is 32.3. The third-order valence-corrected chi connectivity index (χ3v) is 7.28. The SMILES string of the molecule is CC(C)(CC(=O)NCc1ccccc1CS(=O)(=O)N1CCOCC1)c1ccccc1. The lowest BCUT2D eigenvalue weighted by Crippen LogP contribution is -2.41. The molecule has 0 spiro atoms. The molecule has 0 saturated carbocycles. The van der Waals surface area contributed by atoms with E-state index in [9.17, 15) is 13.2 Å². The number of sulfonamides is 1. The number of benzene rings is 2. The molecule has 1 heterocycles. The van der Waals surface area contributed by atoms with E-state index in [1.807, 2.05) is 68.4 Å². The third kappa shape index (κ3) is 5.90. The van der Waals surface area contributed by atoms with Gasteiger partial charge in [0.2, 0.25) is 15.9 Å². The fourth-order valence-electron chi connectivity index (χ4n) is 3.63.